The van der Waals surface area contributed by atoms with Gasteiger partial charge in [0.15, 0.2) is 0 Å². The van der Waals surface area contributed by atoms with Gasteiger partial charge in [-0.2, -0.15) is 0 Å². The summed E-state index contributed by atoms with van der Waals surface area (Å²) in [6.07, 6.45) is 6.07. The van der Waals surface area contributed by atoms with Crippen molar-refractivity contribution in [2.24, 2.45) is 0 Å². The number of aromatic nitrogens is 3. The summed E-state index contributed by atoms with van der Waals surface area (Å²) in [4.78, 5) is 11.9. The normalized spacial score (nSPS) is 18.2. The van der Waals surface area contributed by atoms with E-state index < -0.39 is 0 Å². The van der Waals surface area contributed by atoms with E-state index in [0.29, 0.717) is 5.82 Å². The van der Waals surface area contributed by atoms with Crippen molar-refractivity contribution in [1.82, 2.24) is 14.4 Å². The van der Waals surface area contributed by atoms with E-state index in [4.69, 9.17) is 15.5 Å². The first kappa shape index (κ1) is 17.7. The predicted molar refractivity (Wildman–Crippen MR) is 120 cm³/mol. The number of fused-ring (bicyclic) bond motifs is 2. The van der Waals surface area contributed by atoms with Crippen LogP contribution in [0.2, 0.25) is 0 Å². The number of morpholine rings is 1. The first-order chi connectivity index (χ1) is 14.7. The van der Waals surface area contributed by atoms with Gasteiger partial charge in [0.25, 0.3) is 0 Å². The SMILES string of the molecule is CC1(c2nc(-c3ccc(N4CCOCC4)c4ccccc34)c3c(N)nccn23)CC1. The molecule has 6 rings (SSSR count). The average Bonchev–Trinajstić information content (AvgIpc) is 3.40. The summed E-state index contributed by atoms with van der Waals surface area (Å²) in [5, 5.41) is 2.43. The van der Waals surface area contributed by atoms with Crippen LogP contribution in [-0.2, 0) is 10.2 Å². The molecular weight excluding hydrogens is 374 g/mol. The molecule has 0 spiro atoms. The number of ether oxygens (including phenoxy) is 1. The fourth-order valence-corrected chi connectivity index (χ4v) is 4.66. The van der Waals surface area contributed by atoms with E-state index in [0.717, 1.165) is 61.7 Å². The maximum Gasteiger partial charge on any atom is 0.150 e. The number of nitrogens with two attached hydrogens (primary N) is 1. The maximum absolute atomic E-state index is 6.37. The fraction of sp³-hybridized carbons (Fsp3) is 0.333. The lowest BCUT2D eigenvalue weighted by molar-refractivity contribution is 0.123. The lowest BCUT2D eigenvalue weighted by atomic mass is 9.99. The number of benzene rings is 2. The van der Waals surface area contributed by atoms with Gasteiger partial charge in [-0.25, -0.2) is 9.97 Å². The third-order valence-electron chi connectivity index (χ3n) is 6.63. The number of rotatable bonds is 3. The fourth-order valence-electron chi connectivity index (χ4n) is 4.66. The molecule has 1 saturated heterocycles. The molecule has 4 aromatic rings. The monoisotopic (exact) mass is 399 g/mol. The number of hydrogen-bond acceptors (Lipinski definition) is 5. The molecule has 0 radical (unpaired) electrons. The molecule has 2 aliphatic rings. The highest BCUT2D eigenvalue weighted by atomic mass is 16.5. The third kappa shape index (κ3) is 2.60. The number of imidazole rings is 1. The van der Waals surface area contributed by atoms with Gasteiger partial charge in [0.05, 0.1) is 13.2 Å². The van der Waals surface area contributed by atoms with E-state index in [9.17, 15) is 0 Å². The van der Waals surface area contributed by atoms with Crippen LogP contribution in [-0.4, -0.2) is 40.7 Å². The van der Waals surface area contributed by atoms with Crippen LogP contribution in [0, 0.1) is 0 Å². The van der Waals surface area contributed by atoms with Gasteiger partial charge in [-0.15, -0.1) is 0 Å². The zero-order valence-electron chi connectivity index (χ0n) is 17.1. The molecule has 6 nitrogen and oxygen atoms in total. The molecule has 2 N–H and O–H groups in total. The van der Waals surface area contributed by atoms with Crippen LogP contribution in [0.1, 0.15) is 25.6 Å². The summed E-state index contributed by atoms with van der Waals surface area (Å²) in [6, 6.07) is 13.0. The topological polar surface area (TPSA) is 68.7 Å². The van der Waals surface area contributed by atoms with Crippen molar-refractivity contribution in [1.29, 1.82) is 0 Å². The number of nitrogens with zero attached hydrogens (tertiary/aromatic N) is 4. The van der Waals surface area contributed by atoms with Crippen LogP contribution >= 0.6 is 0 Å². The molecule has 152 valence electrons. The van der Waals surface area contributed by atoms with Crippen molar-refractivity contribution in [2.45, 2.75) is 25.2 Å². The third-order valence-corrected chi connectivity index (χ3v) is 6.63. The summed E-state index contributed by atoms with van der Waals surface area (Å²) >= 11 is 0. The predicted octanol–water partition coefficient (Wildman–Crippen LogP) is 4.02. The van der Waals surface area contributed by atoms with E-state index >= 15 is 0 Å². The highest BCUT2D eigenvalue weighted by molar-refractivity contribution is 6.06. The second-order valence-electron chi connectivity index (χ2n) is 8.65. The Morgan fingerprint density at radius 2 is 1.80 bits per heavy atom. The van der Waals surface area contributed by atoms with Crippen LogP contribution in [0.25, 0.3) is 27.5 Å². The van der Waals surface area contributed by atoms with E-state index in [2.05, 4.69) is 57.6 Å². The minimum Gasteiger partial charge on any atom is -0.382 e. The number of hydrogen-bond donors (Lipinski definition) is 1. The zero-order valence-corrected chi connectivity index (χ0v) is 17.1. The molecule has 0 unspecified atom stereocenters. The molecule has 2 fully saturated rings. The van der Waals surface area contributed by atoms with Gasteiger partial charge in [0.2, 0.25) is 0 Å². The highest BCUT2D eigenvalue weighted by Gasteiger charge is 2.43. The minimum absolute atomic E-state index is 0.124. The van der Waals surface area contributed by atoms with Crippen molar-refractivity contribution >= 4 is 27.8 Å². The van der Waals surface area contributed by atoms with Gasteiger partial charge < -0.3 is 15.4 Å². The smallest absolute Gasteiger partial charge is 0.150 e. The molecular formula is C24H25N5O. The molecule has 2 aromatic carbocycles. The molecule has 0 amide bonds. The Bertz CT molecular complexity index is 1270. The van der Waals surface area contributed by atoms with Crippen LogP contribution in [0.3, 0.4) is 0 Å². The molecule has 2 aromatic heterocycles. The molecule has 6 heteroatoms. The van der Waals surface area contributed by atoms with Gasteiger partial charge in [0.1, 0.15) is 22.9 Å². The van der Waals surface area contributed by atoms with E-state index in [1.165, 1.54) is 16.5 Å². The molecule has 3 heterocycles. The first-order valence-electron chi connectivity index (χ1n) is 10.6. The Balaban J connectivity index is 1.60. The second kappa shape index (κ2) is 6.44. The summed E-state index contributed by atoms with van der Waals surface area (Å²) in [5.41, 5.74) is 10.7. The molecule has 1 aliphatic carbocycles. The first-order valence-corrected chi connectivity index (χ1v) is 10.6. The Kier molecular flexibility index (Phi) is 3.80. The van der Waals surface area contributed by atoms with Gasteiger partial charge in [0, 0.05) is 47.5 Å². The quantitative estimate of drug-likeness (QED) is 0.564. The minimum atomic E-state index is 0.124. The summed E-state index contributed by atoms with van der Waals surface area (Å²) in [6.45, 7) is 5.64. The van der Waals surface area contributed by atoms with Crippen LogP contribution in [0.4, 0.5) is 11.5 Å². The van der Waals surface area contributed by atoms with Crippen molar-refractivity contribution in [3.63, 3.8) is 0 Å². The van der Waals surface area contributed by atoms with Crippen molar-refractivity contribution < 1.29 is 4.74 Å². The molecule has 30 heavy (non-hydrogen) atoms. The van der Waals surface area contributed by atoms with Crippen LogP contribution in [0.15, 0.2) is 48.8 Å². The standard InChI is InChI=1S/C24H25N5O/c1-24(8-9-24)23-27-20(21-22(25)26-10-11-29(21)23)18-6-7-19(28-12-14-30-15-13-28)17-5-3-2-4-16(17)18/h2-7,10-11H,8-9,12-15H2,1H3,(H2,25,26). The van der Waals surface area contributed by atoms with Crippen molar-refractivity contribution in [2.75, 3.05) is 36.9 Å². The maximum atomic E-state index is 6.37. The number of anilines is 2. The molecule has 0 bridgehead atoms. The molecule has 0 atom stereocenters. The number of nitrogen functional groups attached to an aromatic ring is 1. The molecule has 1 saturated carbocycles. The second-order valence-corrected chi connectivity index (χ2v) is 8.65. The van der Waals surface area contributed by atoms with Gasteiger partial charge in [-0.05, 0) is 24.3 Å². The summed E-state index contributed by atoms with van der Waals surface area (Å²) < 4.78 is 7.70. The van der Waals surface area contributed by atoms with Gasteiger partial charge in [-0.3, -0.25) is 4.40 Å². The lowest BCUT2D eigenvalue weighted by Crippen LogP contribution is -2.36. The lowest BCUT2D eigenvalue weighted by Gasteiger charge is -2.30. The average molecular weight is 399 g/mol. The van der Waals surface area contributed by atoms with Gasteiger partial charge >= 0.3 is 0 Å². The molecule has 1 aliphatic heterocycles. The Morgan fingerprint density at radius 3 is 2.57 bits per heavy atom. The summed E-state index contributed by atoms with van der Waals surface area (Å²) in [5.74, 6) is 1.61. The van der Waals surface area contributed by atoms with E-state index in [1.807, 2.05) is 6.20 Å². The highest BCUT2D eigenvalue weighted by Crippen LogP contribution is 2.49. The van der Waals surface area contributed by atoms with Crippen molar-refractivity contribution in [3.8, 4) is 11.3 Å². The van der Waals surface area contributed by atoms with Gasteiger partial charge in [-0.1, -0.05) is 37.3 Å². The Hall–Kier alpha value is -3.12. The van der Waals surface area contributed by atoms with E-state index in [1.54, 1.807) is 6.20 Å². The summed E-state index contributed by atoms with van der Waals surface area (Å²) in [7, 11) is 0. The zero-order chi connectivity index (χ0) is 20.3. The van der Waals surface area contributed by atoms with E-state index in [-0.39, 0.29) is 5.41 Å². The Morgan fingerprint density at radius 1 is 1.03 bits per heavy atom. The Labute approximate surface area is 175 Å². The van der Waals surface area contributed by atoms with Crippen molar-refractivity contribution in [3.05, 3.63) is 54.6 Å². The largest absolute Gasteiger partial charge is 0.382 e. The van der Waals surface area contributed by atoms with Crippen LogP contribution in [0.5, 0.6) is 0 Å². The van der Waals surface area contributed by atoms with Crippen LogP contribution < -0.4 is 10.6 Å².